The molecule has 0 aromatic heterocycles. The first kappa shape index (κ1) is 20.7. The molecule has 0 unspecified atom stereocenters. The first-order chi connectivity index (χ1) is 13.7. The Hall–Kier alpha value is -3.02. The van der Waals surface area contributed by atoms with Gasteiger partial charge in [-0.15, -0.1) is 0 Å². The molecule has 0 saturated heterocycles. The zero-order chi connectivity index (χ0) is 21.0. The number of nitrogens with one attached hydrogen (secondary N) is 1. The molecule has 0 bridgehead atoms. The SMILES string of the molecule is CC(C)(C)OC(=O)N1Cc2cc(O)ccc2C[C@H]1C(=O)NCCc1ccccc1. The van der Waals surface area contributed by atoms with E-state index < -0.39 is 17.7 Å². The largest absolute Gasteiger partial charge is 0.508 e. The summed E-state index contributed by atoms with van der Waals surface area (Å²) in [4.78, 5) is 27.2. The van der Waals surface area contributed by atoms with E-state index in [4.69, 9.17) is 4.74 Å². The maximum Gasteiger partial charge on any atom is 0.411 e. The van der Waals surface area contributed by atoms with E-state index in [0.29, 0.717) is 13.0 Å². The van der Waals surface area contributed by atoms with Crippen LogP contribution < -0.4 is 5.32 Å². The maximum absolute atomic E-state index is 12.9. The van der Waals surface area contributed by atoms with Crippen molar-refractivity contribution in [2.75, 3.05) is 6.54 Å². The van der Waals surface area contributed by atoms with Crippen LogP contribution in [0.2, 0.25) is 0 Å². The molecular formula is C23H28N2O4. The molecule has 1 aliphatic heterocycles. The molecule has 29 heavy (non-hydrogen) atoms. The van der Waals surface area contributed by atoms with Crippen LogP contribution in [0.4, 0.5) is 4.79 Å². The molecule has 0 radical (unpaired) electrons. The third kappa shape index (κ3) is 5.50. The molecule has 6 heteroatoms. The summed E-state index contributed by atoms with van der Waals surface area (Å²) in [6.07, 6.45) is 0.567. The van der Waals surface area contributed by atoms with Gasteiger partial charge in [0, 0.05) is 13.0 Å². The normalized spacial score (nSPS) is 16.1. The highest BCUT2D eigenvalue weighted by Gasteiger charge is 2.37. The van der Waals surface area contributed by atoms with E-state index >= 15 is 0 Å². The van der Waals surface area contributed by atoms with Crippen LogP contribution in [0.5, 0.6) is 5.75 Å². The van der Waals surface area contributed by atoms with Crippen LogP contribution >= 0.6 is 0 Å². The lowest BCUT2D eigenvalue weighted by Crippen LogP contribution is -2.53. The van der Waals surface area contributed by atoms with Crippen molar-refractivity contribution in [1.82, 2.24) is 10.2 Å². The van der Waals surface area contributed by atoms with E-state index in [0.717, 1.165) is 23.1 Å². The Morgan fingerprint density at radius 1 is 1.14 bits per heavy atom. The highest BCUT2D eigenvalue weighted by Crippen LogP contribution is 2.28. The summed E-state index contributed by atoms with van der Waals surface area (Å²) < 4.78 is 5.52. The van der Waals surface area contributed by atoms with Gasteiger partial charge in [-0.2, -0.15) is 0 Å². The number of hydrogen-bond donors (Lipinski definition) is 2. The summed E-state index contributed by atoms with van der Waals surface area (Å²) in [7, 11) is 0. The van der Waals surface area contributed by atoms with Crippen molar-refractivity contribution in [1.29, 1.82) is 0 Å². The second-order valence-corrected chi connectivity index (χ2v) is 8.31. The van der Waals surface area contributed by atoms with Crippen molar-refractivity contribution < 1.29 is 19.4 Å². The van der Waals surface area contributed by atoms with E-state index in [1.165, 1.54) is 4.90 Å². The summed E-state index contributed by atoms with van der Waals surface area (Å²) in [5.74, 6) is -0.0656. The Bertz CT molecular complexity index is 874. The molecule has 2 amide bonds. The molecule has 2 aromatic rings. The van der Waals surface area contributed by atoms with Gasteiger partial charge in [-0.05, 0) is 56.0 Å². The van der Waals surface area contributed by atoms with Crippen LogP contribution in [0, 0.1) is 0 Å². The predicted octanol–water partition coefficient (Wildman–Crippen LogP) is 3.41. The molecule has 0 spiro atoms. The summed E-state index contributed by atoms with van der Waals surface area (Å²) in [6, 6.07) is 14.3. The highest BCUT2D eigenvalue weighted by atomic mass is 16.6. The minimum absolute atomic E-state index is 0.138. The highest BCUT2D eigenvalue weighted by molar-refractivity contribution is 5.86. The quantitative estimate of drug-likeness (QED) is 0.830. The Morgan fingerprint density at radius 3 is 2.55 bits per heavy atom. The van der Waals surface area contributed by atoms with Gasteiger partial charge in [0.15, 0.2) is 0 Å². The molecule has 1 atom stereocenters. The summed E-state index contributed by atoms with van der Waals surface area (Å²) in [6.45, 7) is 6.09. The minimum Gasteiger partial charge on any atom is -0.508 e. The van der Waals surface area contributed by atoms with Gasteiger partial charge in [0.05, 0.1) is 6.54 Å². The second kappa shape index (κ2) is 8.55. The number of hydrogen-bond acceptors (Lipinski definition) is 4. The van der Waals surface area contributed by atoms with Crippen molar-refractivity contribution in [3.05, 3.63) is 65.2 Å². The molecule has 2 N–H and O–H groups in total. The average molecular weight is 396 g/mol. The average Bonchev–Trinajstić information content (AvgIpc) is 2.66. The van der Waals surface area contributed by atoms with Gasteiger partial charge < -0.3 is 15.2 Å². The third-order valence-corrected chi connectivity index (χ3v) is 4.81. The van der Waals surface area contributed by atoms with Crippen LogP contribution in [0.3, 0.4) is 0 Å². The molecule has 154 valence electrons. The fourth-order valence-electron chi connectivity index (χ4n) is 3.41. The standard InChI is InChI=1S/C23H28N2O4/c1-23(2,3)29-22(28)25-15-18-13-19(26)10-9-17(18)14-20(25)21(27)24-12-11-16-7-5-4-6-8-16/h4-10,13,20,26H,11-12,14-15H2,1-3H3,(H,24,27)/t20-/m0/s1. The lowest BCUT2D eigenvalue weighted by Gasteiger charge is -2.37. The van der Waals surface area contributed by atoms with Gasteiger partial charge in [-0.3, -0.25) is 9.69 Å². The molecule has 0 saturated carbocycles. The number of rotatable bonds is 4. The number of fused-ring (bicyclic) bond motifs is 1. The van der Waals surface area contributed by atoms with E-state index in [9.17, 15) is 14.7 Å². The lowest BCUT2D eigenvalue weighted by molar-refractivity contribution is -0.127. The number of aromatic hydroxyl groups is 1. The number of amides is 2. The van der Waals surface area contributed by atoms with E-state index in [2.05, 4.69) is 5.32 Å². The van der Waals surface area contributed by atoms with Crippen LogP contribution in [-0.2, 0) is 28.9 Å². The summed E-state index contributed by atoms with van der Waals surface area (Å²) >= 11 is 0. The molecule has 1 aliphatic rings. The second-order valence-electron chi connectivity index (χ2n) is 8.31. The number of phenols is 1. The van der Waals surface area contributed by atoms with E-state index in [1.54, 1.807) is 39.0 Å². The summed E-state index contributed by atoms with van der Waals surface area (Å²) in [5, 5.41) is 12.7. The van der Waals surface area contributed by atoms with Gasteiger partial charge >= 0.3 is 6.09 Å². The van der Waals surface area contributed by atoms with E-state index in [1.807, 2.05) is 30.3 Å². The van der Waals surface area contributed by atoms with Gasteiger partial charge in [0.25, 0.3) is 0 Å². The number of ether oxygens (including phenoxy) is 1. The number of carbonyl (C=O) groups is 2. The van der Waals surface area contributed by atoms with Gasteiger partial charge in [0.2, 0.25) is 5.91 Å². The smallest absolute Gasteiger partial charge is 0.411 e. The Kier molecular flexibility index (Phi) is 6.11. The molecular weight excluding hydrogens is 368 g/mol. The fourth-order valence-corrected chi connectivity index (χ4v) is 3.41. The van der Waals surface area contributed by atoms with E-state index in [-0.39, 0.29) is 18.2 Å². The zero-order valence-corrected chi connectivity index (χ0v) is 17.1. The molecule has 1 heterocycles. The number of phenolic OH excluding ortho intramolecular Hbond substituents is 1. The number of carbonyl (C=O) groups excluding carboxylic acids is 2. The first-order valence-corrected chi connectivity index (χ1v) is 9.85. The Labute approximate surface area is 171 Å². The van der Waals surface area contributed by atoms with Gasteiger partial charge in [-0.25, -0.2) is 4.79 Å². The van der Waals surface area contributed by atoms with Crippen molar-refractivity contribution >= 4 is 12.0 Å². The fraction of sp³-hybridized carbons (Fsp3) is 0.391. The van der Waals surface area contributed by atoms with Crippen LogP contribution in [0.15, 0.2) is 48.5 Å². The van der Waals surface area contributed by atoms with Crippen molar-refractivity contribution in [2.45, 2.75) is 51.8 Å². The maximum atomic E-state index is 12.9. The lowest BCUT2D eigenvalue weighted by atomic mass is 9.93. The Balaban J connectivity index is 1.74. The van der Waals surface area contributed by atoms with Gasteiger partial charge in [0.1, 0.15) is 17.4 Å². The molecule has 2 aromatic carbocycles. The van der Waals surface area contributed by atoms with Crippen LogP contribution in [-0.4, -0.2) is 40.2 Å². The Morgan fingerprint density at radius 2 is 1.86 bits per heavy atom. The topological polar surface area (TPSA) is 78.9 Å². The monoisotopic (exact) mass is 396 g/mol. The van der Waals surface area contributed by atoms with Crippen molar-refractivity contribution in [3.63, 3.8) is 0 Å². The molecule has 0 aliphatic carbocycles. The number of benzene rings is 2. The van der Waals surface area contributed by atoms with Crippen molar-refractivity contribution in [3.8, 4) is 5.75 Å². The number of nitrogens with zero attached hydrogens (tertiary/aromatic N) is 1. The predicted molar refractivity (Wildman–Crippen MR) is 111 cm³/mol. The van der Waals surface area contributed by atoms with Gasteiger partial charge in [-0.1, -0.05) is 36.4 Å². The third-order valence-electron chi connectivity index (χ3n) is 4.81. The van der Waals surface area contributed by atoms with Crippen LogP contribution in [0.1, 0.15) is 37.5 Å². The van der Waals surface area contributed by atoms with Crippen molar-refractivity contribution in [2.24, 2.45) is 0 Å². The molecule has 3 rings (SSSR count). The first-order valence-electron chi connectivity index (χ1n) is 9.85. The van der Waals surface area contributed by atoms with Crippen LogP contribution in [0.25, 0.3) is 0 Å². The molecule has 0 fully saturated rings. The summed E-state index contributed by atoms with van der Waals surface area (Å²) in [5.41, 5.74) is 2.25. The zero-order valence-electron chi connectivity index (χ0n) is 17.1. The molecule has 6 nitrogen and oxygen atoms in total. The minimum atomic E-state index is -0.662.